The van der Waals surface area contributed by atoms with E-state index in [1.165, 1.54) is 18.2 Å². The molecule has 1 aromatic heterocycles. The molecule has 2 aromatic carbocycles. The molecule has 0 spiro atoms. The predicted octanol–water partition coefficient (Wildman–Crippen LogP) is 4.12. The minimum absolute atomic E-state index is 0.101. The molecule has 1 N–H and O–H groups in total. The zero-order valence-electron chi connectivity index (χ0n) is 16.3. The summed E-state index contributed by atoms with van der Waals surface area (Å²) >= 11 is 5.07. The number of amides is 2. The number of hydrogen-bond acceptors (Lipinski definition) is 3. The average molecular weight is 453 g/mol. The number of aromatic nitrogens is 1. The summed E-state index contributed by atoms with van der Waals surface area (Å²) in [6.45, 7) is 0.282. The van der Waals surface area contributed by atoms with Gasteiger partial charge >= 0.3 is 6.18 Å². The molecule has 0 radical (unpaired) electrons. The highest BCUT2D eigenvalue weighted by atomic mass is 32.1. The van der Waals surface area contributed by atoms with Crippen LogP contribution in [0.4, 0.5) is 18.9 Å². The van der Waals surface area contributed by atoms with Crippen molar-refractivity contribution in [3.05, 3.63) is 71.4 Å². The number of benzene rings is 2. The highest BCUT2D eigenvalue weighted by Gasteiger charge is 2.36. The van der Waals surface area contributed by atoms with E-state index in [1.54, 1.807) is 16.8 Å². The Labute approximate surface area is 186 Å². The molecule has 0 atom stereocenters. The number of hydrogen-bond donors (Lipinski definition) is 1. The Bertz CT molecular complexity index is 1350. The van der Waals surface area contributed by atoms with Crippen molar-refractivity contribution in [3.63, 3.8) is 0 Å². The van der Waals surface area contributed by atoms with Crippen LogP contribution in [0.1, 0.15) is 11.1 Å². The summed E-state index contributed by atoms with van der Waals surface area (Å²) in [6, 6.07) is 11.5. The van der Waals surface area contributed by atoms with Gasteiger partial charge in [-0.1, -0.05) is 30.2 Å². The molecule has 0 saturated carbocycles. The molecule has 4 rings (SSSR count). The van der Waals surface area contributed by atoms with E-state index in [4.69, 9.17) is 18.6 Å². The fraction of sp³-hybridized carbons (Fsp3) is 0.0870. The number of fused-ring (bicyclic) bond motifs is 1. The van der Waals surface area contributed by atoms with Crippen molar-refractivity contribution in [1.82, 2.24) is 9.88 Å². The summed E-state index contributed by atoms with van der Waals surface area (Å²) in [7, 11) is 0. The fourth-order valence-electron chi connectivity index (χ4n) is 3.49. The Hall–Kier alpha value is -3.90. The molecule has 1 saturated heterocycles. The molecule has 9 heteroatoms. The van der Waals surface area contributed by atoms with Crippen LogP contribution in [0.5, 0.6) is 0 Å². The minimum Gasteiger partial charge on any atom is -0.335 e. The summed E-state index contributed by atoms with van der Waals surface area (Å²) in [5.41, 5.74) is 0.0675. The largest absolute Gasteiger partial charge is 0.416 e. The zero-order valence-corrected chi connectivity index (χ0v) is 17.1. The van der Waals surface area contributed by atoms with Crippen molar-refractivity contribution in [2.75, 3.05) is 4.90 Å². The van der Waals surface area contributed by atoms with Gasteiger partial charge in [-0.25, -0.2) is 0 Å². The van der Waals surface area contributed by atoms with E-state index in [-0.39, 0.29) is 22.9 Å². The first-order valence-electron chi connectivity index (χ1n) is 9.31. The molecule has 1 aliphatic rings. The molecular formula is C23H14F3N3O2S. The van der Waals surface area contributed by atoms with Gasteiger partial charge in [0.05, 0.1) is 17.8 Å². The first-order chi connectivity index (χ1) is 15.2. The molecule has 2 heterocycles. The molecule has 160 valence electrons. The third kappa shape index (κ3) is 3.76. The molecule has 5 nitrogen and oxygen atoms in total. The quantitative estimate of drug-likeness (QED) is 0.281. The van der Waals surface area contributed by atoms with Crippen LogP contribution >= 0.6 is 12.2 Å². The molecule has 1 aliphatic heterocycles. The Morgan fingerprint density at radius 2 is 1.88 bits per heavy atom. The lowest BCUT2D eigenvalue weighted by Gasteiger charge is -2.29. The van der Waals surface area contributed by atoms with E-state index in [9.17, 15) is 22.8 Å². The number of alkyl halides is 3. The Kier molecular flexibility index (Phi) is 5.32. The lowest BCUT2D eigenvalue weighted by Crippen LogP contribution is -2.54. The molecule has 0 bridgehead atoms. The first kappa shape index (κ1) is 21.3. The smallest absolute Gasteiger partial charge is 0.335 e. The third-order valence-corrected chi connectivity index (χ3v) is 5.20. The topological polar surface area (TPSA) is 54.3 Å². The molecule has 0 unspecified atom stereocenters. The summed E-state index contributed by atoms with van der Waals surface area (Å²) in [5, 5.41) is 2.83. The number of anilines is 1. The summed E-state index contributed by atoms with van der Waals surface area (Å²) in [6.07, 6.45) is 3.92. The van der Waals surface area contributed by atoms with Crippen LogP contribution in [-0.2, 0) is 22.3 Å². The van der Waals surface area contributed by atoms with Crippen LogP contribution in [0, 0.1) is 12.3 Å². The molecule has 2 amide bonds. The van der Waals surface area contributed by atoms with E-state index in [0.717, 1.165) is 27.9 Å². The monoisotopic (exact) mass is 453 g/mol. The first-order valence-corrected chi connectivity index (χ1v) is 9.71. The lowest BCUT2D eigenvalue weighted by molar-refractivity contribution is -0.137. The van der Waals surface area contributed by atoms with Crippen molar-refractivity contribution in [1.29, 1.82) is 0 Å². The zero-order chi connectivity index (χ0) is 23.0. The number of nitrogens with zero attached hydrogens (tertiary/aromatic N) is 2. The van der Waals surface area contributed by atoms with E-state index in [1.807, 2.05) is 18.2 Å². The fourth-order valence-corrected chi connectivity index (χ4v) is 3.77. The van der Waals surface area contributed by atoms with Gasteiger partial charge in [0.25, 0.3) is 11.8 Å². The van der Waals surface area contributed by atoms with Crippen molar-refractivity contribution in [2.45, 2.75) is 12.7 Å². The highest BCUT2D eigenvalue weighted by molar-refractivity contribution is 7.80. The highest BCUT2D eigenvalue weighted by Crippen LogP contribution is 2.33. The van der Waals surface area contributed by atoms with Crippen LogP contribution in [0.25, 0.3) is 17.0 Å². The van der Waals surface area contributed by atoms with Crippen LogP contribution in [-0.4, -0.2) is 21.5 Å². The van der Waals surface area contributed by atoms with Gasteiger partial charge in [0.15, 0.2) is 5.11 Å². The van der Waals surface area contributed by atoms with E-state index in [0.29, 0.717) is 5.56 Å². The minimum atomic E-state index is -4.60. The van der Waals surface area contributed by atoms with Gasteiger partial charge in [0, 0.05) is 22.7 Å². The molecule has 0 aliphatic carbocycles. The molecule has 1 fully saturated rings. The number of carbonyl (C=O) groups is 2. The van der Waals surface area contributed by atoms with Gasteiger partial charge in [-0.2, -0.15) is 13.2 Å². The van der Waals surface area contributed by atoms with Gasteiger partial charge in [-0.3, -0.25) is 19.8 Å². The number of para-hydroxylation sites is 1. The van der Waals surface area contributed by atoms with Crippen molar-refractivity contribution in [2.24, 2.45) is 0 Å². The Balaban J connectivity index is 1.80. The van der Waals surface area contributed by atoms with Crippen molar-refractivity contribution < 1.29 is 22.8 Å². The standard InChI is InChI=1S/C23H14F3N3O2S/c1-2-10-28-13-14(17-8-3-4-9-19(17)28)11-18-20(30)27-22(32)29(21(18)31)16-7-5-6-15(12-16)23(24,25)26/h1,3-9,11-13H,10H2,(H,27,30,32)/b18-11+. The van der Waals surface area contributed by atoms with Crippen molar-refractivity contribution >= 4 is 51.8 Å². The second-order valence-electron chi connectivity index (χ2n) is 6.94. The maximum absolute atomic E-state index is 13.2. The Morgan fingerprint density at radius 1 is 1.12 bits per heavy atom. The van der Waals surface area contributed by atoms with Crippen molar-refractivity contribution in [3.8, 4) is 12.3 Å². The molecule has 3 aromatic rings. The second kappa shape index (κ2) is 7.98. The average Bonchev–Trinajstić information content (AvgIpc) is 3.08. The van der Waals surface area contributed by atoms with Gasteiger partial charge in [0.2, 0.25) is 0 Å². The van der Waals surface area contributed by atoms with Gasteiger partial charge < -0.3 is 4.57 Å². The van der Waals surface area contributed by atoms with Gasteiger partial charge in [-0.05, 0) is 42.6 Å². The van der Waals surface area contributed by atoms with Gasteiger partial charge in [-0.15, -0.1) is 6.42 Å². The summed E-state index contributed by atoms with van der Waals surface area (Å²) < 4.78 is 41.2. The number of thiocarbonyl (C=S) groups is 1. The summed E-state index contributed by atoms with van der Waals surface area (Å²) in [5.74, 6) is 0.975. The third-order valence-electron chi connectivity index (χ3n) is 4.91. The summed E-state index contributed by atoms with van der Waals surface area (Å²) in [4.78, 5) is 26.6. The maximum Gasteiger partial charge on any atom is 0.416 e. The second-order valence-corrected chi connectivity index (χ2v) is 7.33. The normalized spacial score (nSPS) is 15.9. The number of terminal acetylenes is 1. The predicted molar refractivity (Wildman–Crippen MR) is 118 cm³/mol. The number of rotatable bonds is 3. The van der Waals surface area contributed by atoms with E-state index >= 15 is 0 Å². The molecule has 32 heavy (non-hydrogen) atoms. The number of halogens is 3. The number of carbonyl (C=O) groups excluding carboxylic acids is 2. The Morgan fingerprint density at radius 3 is 2.59 bits per heavy atom. The number of nitrogens with one attached hydrogen (secondary N) is 1. The van der Waals surface area contributed by atoms with Crippen LogP contribution in [0.2, 0.25) is 0 Å². The van der Waals surface area contributed by atoms with Gasteiger partial charge in [0.1, 0.15) is 5.57 Å². The molecular weight excluding hydrogens is 439 g/mol. The van der Waals surface area contributed by atoms with Crippen LogP contribution in [0.15, 0.2) is 60.3 Å². The van der Waals surface area contributed by atoms with Crippen LogP contribution in [0.3, 0.4) is 0 Å². The SMILES string of the molecule is C#CCn1cc(/C=C2\C(=O)NC(=S)N(c3cccc(C(F)(F)F)c3)C2=O)c2ccccc21. The maximum atomic E-state index is 13.2. The lowest BCUT2D eigenvalue weighted by atomic mass is 10.1. The van der Waals surface area contributed by atoms with E-state index in [2.05, 4.69) is 11.2 Å². The van der Waals surface area contributed by atoms with Crippen LogP contribution < -0.4 is 10.2 Å². The van der Waals surface area contributed by atoms with E-state index < -0.39 is 23.6 Å².